The van der Waals surface area contributed by atoms with Gasteiger partial charge in [-0.25, -0.2) is 9.37 Å². The van der Waals surface area contributed by atoms with Gasteiger partial charge in [-0.1, -0.05) is 12.1 Å². The fourth-order valence-corrected chi connectivity index (χ4v) is 1.89. The number of nitrogens with one attached hydrogen (secondary N) is 1. The van der Waals surface area contributed by atoms with Gasteiger partial charge in [0.05, 0.1) is 18.5 Å². The minimum Gasteiger partial charge on any atom is -0.475 e. The van der Waals surface area contributed by atoms with E-state index in [9.17, 15) is 4.39 Å². The molecule has 1 aromatic heterocycles. The van der Waals surface area contributed by atoms with Crippen LogP contribution >= 0.6 is 0 Å². The zero-order chi connectivity index (χ0) is 15.1. The summed E-state index contributed by atoms with van der Waals surface area (Å²) in [4.78, 5) is 4.20. The maximum atomic E-state index is 13.2. The predicted molar refractivity (Wildman–Crippen MR) is 80.0 cm³/mol. The molecule has 21 heavy (non-hydrogen) atoms. The first kappa shape index (κ1) is 15.3. The van der Waals surface area contributed by atoms with Crippen LogP contribution < -0.4 is 10.1 Å². The van der Waals surface area contributed by atoms with E-state index in [1.807, 2.05) is 19.1 Å². The van der Waals surface area contributed by atoms with Crippen molar-refractivity contribution >= 4 is 5.69 Å². The van der Waals surface area contributed by atoms with Gasteiger partial charge >= 0.3 is 0 Å². The number of halogens is 1. The molecule has 0 aliphatic rings. The lowest BCUT2D eigenvalue weighted by Crippen LogP contribution is -2.08. The molecule has 4 nitrogen and oxygen atoms in total. The topological polar surface area (TPSA) is 43.4 Å². The summed E-state index contributed by atoms with van der Waals surface area (Å²) in [5, 5.41) is 3.27. The lowest BCUT2D eigenvalue weighted by atomic mass is 10.1. The molecule has 1 N–H and O–H groups in total. The summed E-state index contributed by atoms with van der Waals surface area (Å²) in [5.74, 6) is 0.317. The van der Waals surface area contributed by atoms with Gasteiger partial charge in [-0.2, -0.15) is 0 Å². The SMILES string of the molecule is COCCOc1ccc(NC(C)c2cccc(F)c2)cn1. The lowest BCUT2D eigenvalue weighted by molar-refractivity contribution is 0.144. The van der Waals surface area contributed by atoms with Gasteiger partial charge in [-0.05, 0) is 30.7 Å². The van der Waals surface area contributed by atoms with E-state index in [0.717, 1.165) is 11.3 Å². The molecule has 0 saturated heterocycles. The zero-order valence-corrected chi connectivity index (χ0v) is 12.2. The van der Waals surface area contributed by atoms with Gasteiger partial charge < -0.3 is 14.8 Å². The van der Waals surface area contributed by atoms with Crippen molar-refractivity contribution in [1.29, 1.82) is 0 Å². The van der Waals surface area contributed by atoms with Gasteiger partial charge in [0.25, 0.3) is 0 Å². The first-order valence-corrected chi connectivity index (χ1v) is 6.79. The number of hydrogen-bond acceptors (Lipinski definition) is 4. The van der Waals surface area contributed by atoms with Gasteiger partial charge in [0.2, 0.25) is 5.88 Å². The van der Waals surface area contributed by atoms with E-state index in [4.69, 9.17) is 9.47 Å². The molecule has 0 aliphatic carbocycles. The van der Waals surface area contributed by atoms with Gasteiger partial charge in [0, 0.05) is 19.2 Å². The van der Waals surface area contributed by atoms with Crippen molar-refractivity contribution in [2.75, 3.05) is 25.6 Å². The van der Waals surface area contributed by atoms with Crippen molar-refractivity contribution in [2.24, 2.45) is 0 Å². The molecule has 0 radical (unpaired) electrons. The van der Waals surface area contributed by atoms with E-state index in [-0.39, 0.29) is 11.9 Å². The van der Waals surface area contributed by atoms with Crippen LogP contribution in [0, 0.1) is 5.82 Å². The number of benzene rings is 1. The van der Waals surface area contributed by atoms with Crippen LogP contribution in [0.5, 0.6) is 5.88 Å². The van der Waals surface area contributed by atoms with E-state index in [1.54, 1.807) is 25.4 Å². The Labute approximate surface area is 123 Å². The van der Waals surface area contributed by atoms with Crippen molar-refractivity contribution in [1.82, 2.24) is 4.98 Å². The Hall–Kier alpha value is -2.14. The Morgan fingerprint density at radius 2 is 2.10 bits per heavy atom. The number of aromatic nitrogens is 1. The van der Waals surface area contributed by atoms with Crippen molar-refractivity contribution < 1.29 is 13.9 Å². The molecule has 1 unspecified atom stereocenters. The summed E-state index contributed by atoms with van der Waals surface area (Å²) in [5.41, 5.74) is 1.74. The van der Waals surface area contributed by atoms with Crippen LogP contribution in [0.4, 0.5) is 10.1 Å². The molecular weight excluding hydrogens is 271 g/mol. The van der Waals surface area contributed by atoms with E-state index >= 15 is 0 Å². The van der Waals surface area contributed by atoms with Crippen molar-refractivity contribution in [3.05, 3.63) is 54.0 Å². The maximum Gasteiger partial charge on any atom is 0.213 e. The Morgan fingerprint density at radius 3 is 2.76 bits per heavy atom. The third-order valence-electron chi connectivity index (χ3n) is 3.01. The minimum atomic E-state index is -0.235. The fourth-order valence-electron chi connectivity index (χ4n) is 1.89. The van der Waals surface area contributed by atoms with Crippen molar-refractivity contribution in [3.8, 4) is 5.88 Å². The number of ether oxygens (including phenoxy) is 2. The van der Waals surface area contributed by atoms with Gasteiger partial charge in [0.15, 0.2) is 0 Å². The standard InChI is InChI=1S/C16H19FN2O2/c1-12(13-4-3-5-14(17)10-13)19-15-6-7-16(18-11-15)21-9-8-20-2/h3-7,10-12,19H,8-9H2,1-2H3. The molecule has 1 heterocycles. The number of anilines is 1. The predicted octanol–water partition coefficient (Wildman–Crippen LogP) is 3.42. The molecule has 2 aromatic rings. The third kappa shape index (κ3) is 4.72. The summed E-state index contributed by atoms with van der Waals surface area (Å²) in [6.07, 6.45) is 1.69. The molecule has 1 aromatic carbocycles. The number of rotatable bonds is 7. The van der Waals surface area contributed by atoms with Crippen LogP contribution in [0.1, 0.15) is 18.5 Å². The summed E-state index contributed by atoms with van der Waals surface area (Å²) >= 11 is 0. The number of hydrogen-bond donors (Lipinski definition) is 1. The first-order chi connectivity index (χ1) is 10.2. The quantitative estimate of drug-likeness (QED) is 0.794. The molecule has 0 aliphatic heterocycles. The van der Waals surface area contributed by atoms with E-state index in [0.29, 0.717) is 19.1 Å². The molecule has 0 amide bonds. The van der Waals surface area contributed by atoms with Crippen molar-refractivity contribution in [2.45, 2.75) is 13.0 Å². The molecule has 1 atom stereocenters. The lowest BCUT2D eigenvalue weighted by Gasteiger charge is -2.15. The highest BCUT2D eigenvalue weighted by molar-refractivity contribution is 5.44. The monoisotopic (exact) mass is 290 g/mol. The summed E-state index contributed by atoms with van der Waals surface area (Å²) in [7, 11) is 1.62. The number of nitrogens with zero attached hydrogens (tertiary/aromatic N) is 1. The van der Waals surface area contributed by atoms with Crippen LogP contribution in [0.25, 0.3) is 0 Å². The second-order valence-corrected chi connectivity index (χ2v) is 4.65. The minimum absolute atomic E-state index is 0.0113. The van der Waals surface area contributed by atoms with Crippen LogP contribution in [0.3, 0.4) is 0 Å². The Balaban J connectivity index is 1.93. The van der Waals surface area contributed by atoms with Gasteiger partial charge in [0.1, 0.15) is 12.4 Å². The number of methoxy groups -OCH3 is 1. The highest BCUT2D eigenvalue weighted by atomic mass is 19.1. The van der Waals surface area contributed by atoms with Gasteiger partial charge in [-0.15, -0.1) is 0 Å². The summed E-state index contributed by atoms with van der Waals surface area (Å²) < 4.78 is 23.5. The molecule has 0 fully saturated rings. The average molecular weight is 290 g/mol. The molecule has 5 heteroatoms. The normalized spacial score (nSPS) is 12.0. The first-order valence-electron chi connectivity index (χ1n) is 6.79. The highest BCUT2D eigenvalue weighted by Gasteiger charge is 2.06. The zero-order valence-electron chi connectivity index (χ0n) is 12.2. The Kier molecular flexibility index (Phi) is 5.51. The van der Waals surface area contributed by atoms with Crippen LogP contribution in [0.15, 0.2) is 42.6 Å². The fraction of sp³-hybridized carbons (Fsp3) is 0.312. The van der Waals surface area contributed by atoms with E-state index in [1.165, 1.54) is 12.1 Å². The second kappa shape index (κ2) is 7.59. The van der Waals surface area contributed by atoms with Crippen LogP contribution in [0.2, 0.25) is 0 Å². The maximum absolute atomic E-state index is 13.2. The van der Waals surface area contributed by atoms with E-state index < -0.39 is 0 Å². The molecule has 0 spiro atoms. The third-order valence-corrected chi connectivity index (χ3v) is 3.01. The highest BCUT2D eigenvalue weighted by Crippen LogP contribution is 2.20. The average Bonchev–Trinajstić information content (AvgIpc) is 2.49. The summed E-state index contributed by atoms with van der Waals surface area (Å²) in [6, 6.07) is 10.2. The molecule has 112 valence electrons. The molecule has 0 saturated carbocycles. The number of pyridine rings is 1. The molecular formula is C16H19FN2O2. The molecule has 2 rings (SSSR count). The van der Waals surface area contributed by atoms with Gasteiger partial charge in [-0.3, -0.25) is 0 Å². The van der Waals surface area contributed by atoms with Crippen LogP contribution in [-0.4, -0.2) is 25.3 Å². The second-order valence-electron chi connectivity index (χ2n) is 4.65. The largest absolute Gasteiger partial charge is 0.475 e. The summed E-state index contributed by atoms with van der Waals surface area (Å²) in [6.45, 7) is 2.96. The van der Waals surface area contributed by atoms with Crippen molar-refractivity contribution in [3.63, 3.8) is 0 Å². The molecule has 0 bridgehead atoms. The van der Waals surface area contributed by atoms with Crippen LogP contribution in [-0.2, 0) is 4.74 Å². The van der Waals surface area contributed by atoms with E-state index in [2.05, 4.69) is 10.3 Å². The Morgan fingerprint density at radius 1 is 1.24 bits per heavy atom. The Bertz CT molecular complexity index is 560. The smallest absolute Gasteiger partial charge is 0.213 e.